The first-order valence-electron chi connectivity index (χ1n) is 6.77. The number of rotatable bonds is 5. The van der Waals surface area contributed by atoms with E-state index in [2.05, 4.69) is 41.3 Å². The fraction of sp³-hybridized carbons (Fsp3) is 0.769. The van der Waals surface area contributed by atoms with Crippen LogP contribution < -0.4 is 5.32 Å². The number of hydrogen-bond donors (Lipinski definition) is 1. The molecule has 18 heavy (non-hydrogen) atoms. The second kappa shape index (κ2) is 5.61. The van der Waals surface area contributed by atoms with Gasteiger partial charge in [0.15, 0.2) is 0 Å². The summed E-state index contributed by atoms with van der Waals surface area (Å²) in [7, 11) is 0. The van der Waals surface area contributed by atoms with Crippen LogP contribution in [0.15, 0.2) is 0 Å². The highest BCUT2D eigenvalue weighted by molar-refractivity contribution is 5.26. The minimum Gasteiger partial charge on any atom is -0.373 e. The average molecular weight is 250 g/mol. The van der Waals surface area contributed by atoms with Crippen LogP contribution in [0.5, 0.6) is 0 Å². The molecule has 0 aromatic carbocycles. The van der Waals surface area contributed by atoms with E-state index in [1.807, 2.05) is 0 Å². The summed E-state index contributed by atoms with van der Waals surface area (Å²) >= 11 is 0. The van der Waals surface area contributed by atoms with Crippen molar-refractivity contribution in [2.75, 3.05) is 18.5 Å². The summed E-state index contributed by atoms with van der Waals surface area (Å²) in [6.45, 7) is 7.89. The Morgan fingerprint density at radius 2 is 2.00 bits per heavy atom. The average Bonchev–Trinajstić information content (AvgIpc) is 2.83. The molecule has 0 amide bonds. The van der Waals surface area contributed by atoms with Crippen LogP contribution in [0.3, 0.4) is 0 Å². The third-order valence-electron chi connectivity index (χ3n) is 3.43. The summed E-state index contributed by atoms with van der Waals surface area (Å²) < 4.78 is 5.73. The zero-order chi connectivity index (χ0) is 13.0. The molecule has 5 nitrogen and oxygen atoms in total. The summed E-state index contributed by atoms with van der Waals surface area (Å²) in [5, 5.41) is 11.6. The summed E-state index contributed by atoms with van der Waals surface area (Å²) in [5.74, 6) is 0.612. The molecule has 1 aromatic heterocycles. The maximum absolute atomic E-state index is 5.73. The molecule has 0 spiro atoms. The lowest BCUT2D eigenvalue weighted by Gasteiger charge is -2.23. The first-order chi connectivity index (χ1) is 8.67. The smallest absolute Gasteiger partial charge is 0.243 e. The van der Waals surface area contributed by atoms with Gasteiger partial charge in [-0.2, -0.15) is 5.10 Å². The molecule has 1 aliphatic heterocycles. The lowest BCUT2D eigenvalue weighted by Crippen LogP contribution is -2.33. The van der Waals surface area contributed by atoms with Crippen LogP contribution in [0.2, 0.25) is 0 Å². The number of nitrogens with zero attached hydrogens (tertiary/aromatic N) is 3. The highest BCUT2D eigenvalue weighted by atomic mass is 16.5. The van der Waals surface area contributed by atoms with Gasteiger partial charge in [0.05, 0.1) is 17.0 Å². The predicted octanol–water partition coefficient (Wildman–Crippen LogP) is 1.98. The fourth-order valence-electron chi connectivity index (χ4n) is 2.26. The van der Waals surface area contributed by atoms with E-state index >= 15 is 0 Å². The van der Waals surface area contributed by atoms with Gasteiger partial charge in [-0.15, -0.1) is 5.10 Å². The summed E-state index contributed by atoms with van der Waals surface area (Å²) in [4.78, 5) is 4.51. The van der Waals surface area contributed by atoms with Gasteiger partial charge < -0.3 is 10.1 Å². The molecule has 2 heterocycles. The van der Waals surface area contributed by atoms with Crippen molar-refractivity contribution in [3.63, 3.8) is 0 Å². The third kappa shape index (κ3) is 2.96. The third-order valence-corrected chi connectivity index (χ3v) is 3.43. The lowest BCUT2D eigenvalue weighted by molar-refractivity contribution is 0.0314. The quantitative estimate of drug-likeness (QED) is 0.866. The van der Waals surface area contributed by atoms with E-state index < -0.39 is 0 Å². The maximum Gasteiger partial charge on any atom is 0.243 e. The van der Waals surface area contributed by atoms with Gasteiger partial charge in [0.2, 0.25) is 5.95 Å². The second-order valence-corrected chi connectivity index (χ2v) is 4.99. The van der Waals surface area contributed by atoms with Crippen molar-refractivity contribution < 1.29 is 4.74 Å². The highest BCUT2D eigenvalue weighted by Crippen LogP contribution is 2.24. The van der Waals surface area contributed by atoms with E-state index in [9.17, 15) is 0 Å². The van der Waals surface area contributed by atoms with E-state index in [0.29, 0.717) is 5.95 Å². The van der Waals surface area contributed by atoms with E-state index in [-0.39, 0.29) is 5.60 Å². The topological polar surface area (TPSA) is 59.9 Å². The molecule has 1 N–H and O–H groups in total. The van der Waals surface area contributed by atoms with E-state index in [0.717, 1.165) is 50.2 Å². The van der Waals surface area contributed by atoms with Crippen LogP contribution in [0, 0.1) is 0 Å². The lowest BCUT2D eigenvalue weighted by atomic mass is 10.0. The molecule has 1 aromatic rings. The van der Waals surface area contributed by atoms with Crippen molar-refractivity contribution in [3.8, 4) is 0 Å². The monoisotopic (exact) mass is 250 g/mol. The Morgan fingerprint density at radius 1 is 1.22 bits per heavy atom. The van der Waals surface area contributed by atoms with Gasteiger partial charge in [-0.3, -0.25) is 0 Å². The molecule has 5 heteroatoms. The number of anilines is 1. The molecule has 100 valence electrons. The van der Waals surface area contributed by atoms with E-state index in [4.69, 9.17) is 4.74 Å². The van der Waals surface area contributed by atoms with Crippen molar-refractivity contribution in [1.82, 2.24) is 15.2 Å². The Bertz CT molecular complexity index is 402. The SMILES string of the molecule is CCc1nnc(NCC2(C)CCCO2)nc1CC. The minimum absolute atomic E-state index is 0.0842. The number of hydrogen-bond acceptors (Lipinski definition) is 5. The van der Waals surface area contributed by atoms with Crippen molar-refractivity contribution in [1.29, 1.82) is 0 Å². The normalized spacial score (nSPS) is 23.3. The molecule has 1 unspecified atom stereocenters. The summed E-state index contributed by atoms with van der Waals surface area (Å²) in [6, 6.07) is 0. The first-order valence-corrected chi connectivity index (χ1v) is 6.77. The largest absolute Gasteiger partial charge is 0.373 e. The summed E-state index contributed by atoms with van der Waals surface area (Å²) in [5.41, 5.74) is 1.94. The molecular formula is C13H22N4O. The molecule has 0 bridgehead atoms. The van der Waals surface area contributed by atoms with Gasteiger partial charge in [0.25, 0.3) is 0 Å². The van der Waals surface area contributed by atoms with Gasteiger partial charge in [0, 0.05) is 13.2 Å². The van der Waals surface area contributed by atoms with E-state index in [1.54, 1.807) is 0 Å². The number of aromatic nitrogens is 3. The molecule has 0 radical (unpaired) electrons. The van der Waals surface area contributed by atoms with Gasteiger partial charge >= 0.3 is 0 Å². The van der Waals surface area contributed by atoms with Crippen LogP contribution in [-0.2, 0) is 17.6 Å². The maximum atomic E-state index is 5.73. The molecule has 2 rings (SSSR count). The molecule has 0 saturated carbocycles. The van der Waals surface area contributed by atoms with Gasteiger partial charge in [0.1, 0.15) is 0 Å². The fourth-order valence-corrected chi connectivity index (χ4v) is 2.26. The Morgan fingerprint density at radius 3 is 2.61 bits per heavy atom. The Labute approximate surface area is 108 Å². The van der Waals surface area contributed by atoms with Crippen molar-refractivity contribution in [2.45, 2.75) is 52.1 Å². The Balaban J connectivity index is 2.01. The van der Waals surface area contributed by atoms with Crippen LogP contribution in [0.1, 0.15) is 45.0 Å². The van der Waals surface area contributed by atoms with Crippen molar-refractivity contribution >= 4 is 5.95 Å². The molecule has 1 aliphatic rings. The van der Waals surface area contributed by atoms with Crippen molar-refractivity contribution in [2.24, 2.45) is 0 Å². The highest BCUT2D eigenvalue weighted by Gasteiger charge is 2.29. The Kier molecular flexibility index (Phi) is 4.11. The second-order valence-electron chi connectivity index (χ2n) is 4.99. The molecule has 1 fully saturated rings. The van der Waals surface area contributed by atoms with Gasteiger partial charge in [-0.1, -0.05) is 13.8 Å². The first kappa shape index (κ1) is 13.2. The molecule has 0 aliphatic carbocycles. The van der Waals surface area contributed by atoms with Crippen LogP contribution in [0.4, 0.5) is 5.95 Å². The minimum atomic E-state index is -0.0842. The van der Waals surface area contributed by atoms with Gasteiger partial charge in [-0.25, -0.2) is 4.98 Å². The number of ether oxygens (including phenoxy) is 1. The predicted molar refractivity (Wildman–Crippen MR) is 70.7 cm³/mol. The molecule has 1 saturated heterocycles. The standard InChI is InChI=1S/C13H22N4O/c1-4-10-11(5-2)16-17-12(15-10)14-9-13(3)7-6-8-18-13/h4-9H2,1-3H3,(H,14,15,17). The van der Waals surface area contributed by atoms with Crippen LogP contribution in [0.25, 0.3) is 0 Å². The van der Waals surface area contributed by atoms with Crippen LogP contribution in [-0.4, -0.2) is 33.9 Å². The van der Waals surface area contributed by atoms with Gasteiger partial charge in [-0.05, 0) is 32.6 Å². The molecule has 1 atom stereocenters. The molecular weight excluding hydrogens is 228 g/mol. The number of nitrogens with one attached hydrogen (secondary N) is 1. The van der Waals surface area contributed by atoms with Crippen molar-refractivity contribution in [3.05, 3.63) is 11.4 Å². The Hall–Kier alpha value is -1.23. The zero-order valence-electron chi connectivity index (χ0n) is 11.5. The van der Waals surface area contributed by atoms with Crippen LogP contribution >= 0.6 is 0 Å². The summed E-state index contributed by atoms with van der Waals surface area (Å²) in [6.07, 6.45) is 3.98. The number of aryl methyl sites for hydroxylation is 2. The zero-order valence-corrected chi connectivity index (χ0v) is 11.5. The van der Waals surface area contributed by atoms with E-state index in [1.165, 1.54) is 0 Å².